The molecule has 1 saturated carbocycles. The smallest absolute Gasteiger partial charge is 0.373 e. The van der Waals surface area contributed by atoms with E-state index in [2.05, 4.69) is 0 Å². The SMILES string of the molecule is CCOC(=O)C(=C[C@@H]1[C@@H](C(=O)O[C@H](C#N)c2cccc(Oc3ccccc3)c2)C1(C)C)OCC. The summed E-state index contributed by atoms with van der Waals surface area (Å²) in [5.74, 6) is -0.596. The summed E-state index contributed by atoms with van der Waals surface area (Å²) in [4.78, 5) is 25.2. The molecular formula is C27H29NO6. The highest BCUT2D eigenvalue weighted by molar-refractivity contribution is 5.87. The molecule has 0 saturated heterocycles. The minimum absolute atomic E-state index is 0.0836. The Morgan fingerprint density at radius 1 is 1.03 bits per heavy atom. The number of allylic oxidation sites excluding steroid dienone is 1. The van der Waals surface area contributed by atoms with Gasteiger partial charge in [-0.25, -0.2) is 4.79 Å². The number of hydrogen-bond donors (Lipinski definition) is 0. The van der Waals surface area contributed by atoms with Gasteiger partial charge in [-0.1, -0.05) is 44.2 Å². The molecule has 7 heteroatoms. The molecule has 0 spiro atoms. The first-order valence-corrected chi connectivity index (χ1v) is 11.3. The van der Waals surface area contributed by atoms with E-state index in [1.165, 1.54) is 0 Å². The second-order valence-corrected chi connectivity index (χ2v) is 8.44. The number of rotatable bonds is 10. The van der Waals surface area contributed by atoms with E-state index in [1.54, 1.807) is 44.2 Å². The largest absolute Gasteiger partial charge is 0.487 e. The zero-order valence-corrected chi connectivity index (χ0v) is 19.8. The molecular weight excluding hydrogens is 434 g/mol. The van der Waals surface area contributed by atoms with Gasteiger partial charge < -0.3 is 18.9 Å². The summed E-state index contributed by atoms with van der Waals surface area (Å²) in [6, 6.07) is 18.2. The number of ether oxygens (including phenoxy) is 4. The molecule has 2 aromatic rings. The molecule has 34 heavy (non-hydrogen) atoms. The number of para-hydroxylation sites is 1. The number of nitrogens with zero attached hydrogens (tertiary/aromatic N) is 1. The lowest BCUT2D eigenvalue weighted by atomic mass is 10.1. The molecule has 0 aliphatic heterocycles. The Labute approximate surface area is 199 Å². The number of carbonyl (C=O) groups excluding carboxylic acids is 2. The van der Waals surface area contributed by atoms with Crippen LogP contribution in [0.1, 0.15) is 39.4 Å². The number of hydrogen-bond acceptors (Lipinski definition) is 7. The number of esters is 2. The van der Waals surface area contributed by atoms with Gasteiger partial charge in [0.25, 0.3) is 0 Å². The van der Waals surface area contributed by atoms with Crippen LogP contribution in [0.15, 0.2) is 66.4 Å². The standard InChI is InChI=1S/C27H29NO6/c1-5-31-22(25(29)32-6-2)16-21-24(27(21,3)4)26(30)34-23(17-28)18-11-10-14-20(15-18)33-19-12-8-7-9-13-19/h7-16,21,23-24H,5-6H2,1-4H3/t21-,23-,24+/m1/s1. The topological polar surface area (TPSA) is 94.9 Å². The molecule has 0 bridgehead atoms. The van der Waals surface area contributed by atoms with Crippen molar-refractivity contribution < 1.29 is 28.5 Å². The van der Waals surface area contributed by atoms with Crippen LogP contribution in [0.4, 0.5) is 0 Å². The van der Waals surface area contributed by atoms with Crippen molar-refractivity contribution in [2.24, 2.45) is 17.3 Å². The highest BCUT2D eigenvalue weighted by atomic mass is 16.6. The number of carbonyl (C=O) groups is 2. The first-order valence-electron chi connectivity index (χ1n) is 11.3. The van der Waals surface area contributed by atoms with Gasteiger partial charge in [0, 0.05) is 11.5 Å². The molecule has 0 N–H and O–H groups in total. The van der Waals surface area contributed by atoms with Gasteiger partial charge >= 0.3 is 11.9 Å². The van der Waals surface area contributed by atoms with Crippen LogP contribution >= 0.6 is 0 Å². The third-order valence-electron chi connectivity index (χ3n) is 5.76. The van der Waals surface area contributed by atoms with Crippen molar-refractivity contribution in [3.05, 3.63) is 72.0 Å². The molecule has 3 atom stereocenters. The maximum Gasteiger partial charge on any atom is 0.373 e. The molecule has 0 radical (unpaired) electrons. The van der Waals surface area contributed by atoms with Crippen molar-refractivity contribution in [1.82, 2.24) is 0 Å². The van der Waals surface area contributed by atoms with Gasteiger partial charge in [-0.3, -0.25) is 4.79 Å². The average molecular weight is 464 g/mol. The van der Waals surface area contributed by atoms with Crippen molar-refractivity contribution in [2.45, 2.75) is 33.8 Å². The molecule has 0 amide bonds. The third kappa shape index (κ3) is 5.76. The summed E-state index contributed by atoms with van der Waals surface area (Å²) in [5.41, 5.74) is 0.0564. The molecule has 178 valence electrons. The lowest BCUT2D eigenvalue weighted by Gasteiger charge is -2.13. The highest BCUT2D eigenvalue weighted by Crippen LogP contribution is 2.60. The summed E-state index contributed by atoms with van der Waals surface area (Å²) < 4.78 is 21.9. The van der Waals surface area contributed by atoms with E-state index in [1.807, 2.05) is 50.2 Å². The Balaban J connectivity index is 1.72. The fraction of sp³-hybridized carbons (Fsp3) is 0.370. The van der Waals surface area contributed by atoms with Crippen molar-refractivity contribution >= 4 is 11.9 Å². The molecule has 1 aliphatic carbocycles. The van der Waals surface area contributed by atoms with Gasteiger partial charge in [0.15, 0.2) is 0 Å². The van der Waals surface area contributed by atoms with Crippen molar-refractivity contribution in [2.75, 3.05) is 13.2 Å². The van der Waals surface area contributed by atoms with Crippen LogP contribution < -0.4 is 4.74 Å². The average Bonchev–Trinajstić information content (AvgIpc) is 3.37. The van der Waals surface area contributed by atoms with Crippen molar-refractivity contribution in [3.63, 3.8) is 0 Å². The predicted octanol–water partition coefficient (Wildman–Crippen LogP) is 5.34. The second-order valence-electron chi connectivity index (χ2n) is 8.44. The maximum absolute atomic E-state index is 13.0. The maximum atomic E-state index is 13.0. The molecule has 0 heterocycles. The van der Waals surface area contributed by atoms with Crippen LogP contribution in [0.5, 0.6) is 11.5 Å². The predicted molar refractivity (Wildman–Crippen MR) is 125 cm³/mol. The van der Waals surface area contributed by atoms with E-state index in [9.17, 15) is 14.9 Å². The van der Waals surface area contributed by atoms with E-state index in [0.717, 1.165) is 0 Å². The lowest BCUT2D eigenvalue weighted by molar-refractivity contribution is -0.149. The molecule has 1 aliphatic rings. The van der Waals surface area contributed by atoms with Crippen LogP contribution in [0.2, 0.25) is 0 Å². The van der Waals surface area contributed by atoms with Crippen molar-refractivity contribution in [1.29, 1.82) is 5.26 Å². The van der Waals surface area contributed by atoms with Crippen LogP contribution in [-0.4, -0.2) is 25.2 Å². The molecule has 7 nitrogen and oxygen atoms in total. The third-order valence-corrected chi connectivity index (χ3v) is 5.76. The summed E-state index contributed by atoms with van der Waals surface area (Å²) in [6.45, 7) is 7.81. The molecule has 2 aromatic carbocycles. The molecule has 0 aromatic heterocycles. The minimum Gasteiger partial charge on any atom is -0.487 e. The van der Waals surface area contributed by atoms with Gasteiger partial charge in [0.2, 0.25) is 11.9 Å². The quantitative estimate of drug-likeness (QED) is 0.266. The van der Waals surface area contributed by atoms with Gasteiger partial charge in [0.05, 0.1) is 19.1 Å². The van der Waals surface area contributed by atoms with E-state index in [-0.39, 0.29) is 18.3 Å². The van der Waals surface area contributed by atoms with E-state index < -0.39 is 29.4 Å². The zero-order chi connectivity index (χ0) is 24.7. The second kappa shape index (κ2) is 10.9. The minimum atomic E-state index is -1.09. The molecule has 0 unspecified atom stereocenters. The van der Waals surface area contributed by atoms with Gasteiger partial charge in [-0.2, -0.15) is 5.26 Å². The Kier molecular flexibility index (Phi) is 7.95. The highest BCUT2D eigenvalue weighted by Gasteiger charge is 2.62. The number of nitriles is 1. The van der Waals surface area contributed by atoms with E-state index in [4.69, 9.17) is 18.9 Å². The Morgan fingerprint density at radius 3 is 2.35 bits per heavy atom. The first-order chi connectivity index (χ1) is 16.3. The first kappa shape index (κ1) is 24.8. The van der Waals surface area contributed by atoms with Crippen molar-refractivity contribution in [3.8, 4) is 17.6 Å². The summed E-state index contributed by atoms with van der Waals surface area (Å²) >= 11 is 0. The zero-order valence-electron chi connectivity index (χ0n) is 19.8. The van der Waals surface area contributed by atoms with Crippen LogP contribution in [-0.2, 0) is 23.8 Å². The van der Waals surface area contributed by atoms with Gasteiger partial charge in [0.1, 0.15) is 17.6 Å². The summed E-state index contributed by atoms with van der Waals surface area (Å²) in [6.07, 6.45) is 0.535. The van der Waals surface area contributed by atoms with E-state index in [0.29, 0.717) is 23.7 Å². The fourth-order valence-electron chi connectivity index (χ4n) is 3.86. The monoisotopic (exact) mass is 463 g/mol. The van der Waals surface area contributed by atoms with Crippen LogP contribution in [0.3, 0.4) is 0 Å². The Hall–Kier alpha value is -3.79. The molecule has 1 fully saturated rings. The van der Waals surface area contributed by atoms with Crippen LogP contribution in [0.25, 0.3) is 0 Å². The van der Waals surface area contributed by atoms with Gasteiger partial charge in [-0.15, -0.1) is 0 Å². The van der Waals surface area contributed by atoms with E-state index >= 15 is 0 Å². The molecule has 3 rings (SSSR count). The summed E-state index contributed by atoms with van der Waals surface area (Å²) in [5, 5.41) is 9.69. The summed E-state index contributed by atoms with van der Waals surface area (Å²) in [7, 11) is 0. The Morgan fingerprint density at radius 2 is 1.71 bits per heavy atom. The van der Waals surface area contributed by atoms with Crippen LogP contribution in [0, 0.1) is 28.6 Å². The number of benzene rings is 2. The Bertz CT molecular complexity index is 1090. The van der Waals surface area contributed by atoms with Gasteiger partial charge in [-0.05, 0) is 49.6 Å². The fourth-order valence-corrected chi connectivity index (χ4v) is 3.86. The lowest BCUT2D eigenvalue weighted by Crippen LogP contribution is -2.15. The normalized spacial score (nSPS) is 19.3.